The molecule has 0 aromatic heterocycles. The summed E-state index contributed by atoms with van der Waals surface area (Å²) in [6.45, 7) is 4.44. The molecule has 11 heavy (non-hydrogen) atoms. The number of carbonyl (C=O) groups is 2. The molecule has 0 saturated carbocycles. The topological polar surface area (TPSA) is 77.8 Å². The van der Waals surface area contributed by atoms with Gasteiger partial charge < -0.3 is 5.11 Å². The molecule has 0 spiro atoms. The molecule has 0 saturated heterocycles. The molecular weight excluding hydrogens is 150 g/mol. The second kappa shape index (κ2) is 7.01. The van der Waals surface area contributed by atoms with E-state index in [1.165, 1.54) is 6.92 Å². The Morgan fingerprint density at radius 3 is 1.64 bits per heavy atom. The highest BCUT2D eigenvalue weighted by atomic mass is 16.5. The zero-order chi connectivity index (χ0) is 9.44. The van der Waals surface area contributed by atoms with Crippen LogP contribution in [-0.4, -0.2) is 33.8 Å². The zero-order valence-electron chi connectivity index (χ0n) is 6.87. The van der Waals surface area contributed by atoms with E-state index >= 15 is 0 Å². The third-order valence-corrected chi connectivity index (χ3v) is 0.663. The Balaban J connectivity index is 0. The Labute approximate surface area is 65.2 Å². The summed E-state index contributed by atoms with van der Waals surface area (Å²) in [4.78, 5) is 19.1. The molecule has 0 heterocycles. The molecule has 2 N–H and O–H groups in total. The van der Waals surface area contributed by atoms with Gasteiger partial charge in [-0.2, -0.15) is 0 Å². The van der Waals surface area contributed by atoms with Crippen LogP contribution < -0.4 is 0 Å². The molecule has 0 aromatic carbocycles. The van der Waals surface area contributed by atoms with Gasteiger partial charge in [0.15, 0.2) is 0 Å². The molecule has 66 valence electrons. The first-order chi connectivity index (χ1) is 4.91. The van der Waals surface area contributed by atoms with Gasteiger partial charge in [0.1, 0.15) is 0 Å². The minimum Gasteiger partial charge on any atom is -0.481 e. The Hall–Kier alpha value is -1.10. The minimum absolute atomic E-state index is 0.317. The minimum atomic E-state index is -0.833. The smallest absolute Gasteiger partial charge is 0.300 e. The van der Waals surface area contributed by atoms with Gasteiger partial charge in [-0.15, -0.1) is 0 Å². The maximum atomic E-state index is 10.1. The lowest BCUT2D eigenvalue weighted by molar-refractivity contribution is -0.161. The van der Waals surface area contributed by atoms with Gasteiger partial charge in [0.05, 0.1) is 0 Å². The number of rotatable bonds is 1. The van der Waals surface area contributed by atoms with Crippen LogP contribution in [0.3, 0.4) is 0 Å². The van der Waals surface area contributed by atoms with Crippen molar-refractivity contribution in [1.29, 1.82) is 0 Å². The van der Waals surface area contributed by atoms with Gasteiger partial charge in [0, 0.05) is 20.4 Å². The number of amides is 1. The normalized spacial score (nSPS) is 7.64. The highest BCUT2D eigenvalue weighted by Gasteiger charge is 1.96. The van der Waals surface area contributed by atoms with Crippen LogP contribution in [0.1, 0.15) is 20.8 Å². The molecule has 0 fully saturated rings. The van der Waals surface area contributed by atoms with Crippen LogP contribution in [0.25, 0.3) is 0 Å². The number of hydrogen-bond acceptors (Lipinski definition) is 3. The summed E-state index contributed by atoms with van der Waals surface area (Å²) in [6, 6.07) is 0. The van der Waals surface area contributed by atoms with Crippen molar-refractivity contribution >= 4 is 11.9 Å². The lowest BCUT2D eigenvalue weighted by Gasteiger charge is -2.06. The molecule has 1 amide bonds. The fraction of sp³-hybridized carbons (Fsp3) is 0.667. The van der Waals surface area contributed by atoms with Gasteiger partial charge in [-0.3, -0.25) is 14.8 Å². The number of hydrogen-bond donors (Lipinski definition) is 2. The third-order valence-electron chi connectivity index (χ3n) is 0.663. The maximum Gasteiger partial charge on any atom is 0.300 e. The first-order valence-corrected chi connectivity index (χ1v) is 3.08. The van der Waals surface area contributed by atoms with Crippen LogP contribution >= 0.6 is 0 Å². The summed E-state index contributed by atoms with van der Waals surface area (Å²) in [7, 11) is 0. The van der Waals surface area contributed by atoms with Crippen LogP contribution in [-0.2, 0) is 9.59 Å². The van der Waals surface area contributed by atoms with Gasteiger partial charge in [0.2, 0.25) is 5.91 Å². The van der Waals surface area contributed by atoms with Crippen molar-refractivity contribution in [1.82, 2.24) is 5.06 Å². The number of aliphatic carboxylic acids is 1. The average Bonchev–Trinajstić information content (AvgIpc) is 1.85. The van der Waals surface area contributed by atoms with Crippen LogP contribution in [0, 0.1) is 0 Å². The fourth-order valence-corrected chi connectivity index (χ4v) is 0.223. The van der Waals surface area contributed by atoms with Crippen LogP contribution in [0.4, 0.5) is 0 Å². The Bertz CT molecular complexity index is 131. The maximum absolute atomic E-state index is 10.1. The number of hydroxylamine groups is 2. The lowest BCUT2D eigenvalue weighted by Crippen LogP contribution is -2.23. The van der Waals surface area contributed by atoms with E-state index < -0.39 is 5.97 Å². The number of carbonyl (C=O) groups excluding carboxylic acids is 1. The van der Waals surface area contributed by atoms with Crippen molar-refractivity contribution < 1.29 is 19.9 Å². The van der Waals surface area contributed by atoms with Crippen molar-refractivity contribution in [3.05, 3.63) is 0 Å². The van der Waals surface area contributed by atoms with E-state index in [0.29, 0.717) is 11.6 Å². The Morgan fingerprint density at radius 2 is 1.64 bits per heavy atom. The van der Waals surface area contributed by atoms with E-state index in [0.717, 1.165) is 6.92 Å². The molecule has 5 heteroatoms. The molecule has 0 rings (SSSR count). The van der Waals surface area contributed by atoms with Crippen molar-refractivity contribution in [3.63, 3.8) is 0 Å². The number of carboxylic acid groups (broad SMARTS) is 1. The van der Waals surface area contributed by atoms with Crippen molar-refractivity contribution in [2.45, 2.75) is 20.8 Å². The van der Waals surface area contributed by atoms with Crippen LogP contribution in [0.5, 0.6) is 0 Å². The Kier molecular flexibility index (Phi) is 8.01. The largest absolute Gasteiger partial charge is 0.481 e. The van der Waals surface area contributed by atoms with Crippen LogP contribution in [0.15, 0.2) is 0 Å². The predicted molar refractivity (Wildman–Crippen MR) is 38.2 cm³/mol. The highest BCUT2D eigenvalue weighted by molar-refractivity contribution is 5.71. The molecule has 5 nitrogen and oxygen atoms in total. The average molecular weight is 163 g/mol. The van der Waals surface area contributed by atoms with E-state index in [1.54, 1.807) is 6.92 Å². The first kappa shape index (κ1) is 12.6. The standard InChI is InChI=1S/C4H9NO2.C2H4O2/c1-3-5(7)4(2)6;1-2(3)4/h7H,3H2,1-2H3;1H3,(H,3,4). The Morgan fingerprint density at radius 1 is 1.36 bits per heavy atom. The molecular formula is C6H13NO4. The van der Waals surface area contributed by atoms with Gasteiger partial charge in [-0.05, 0) is 6.92 Å². The molecule has 0 aliphatic heterocycles. The number of nitrogens with zero attached hydrogens (tertiary/aromatic N) is 1. The van der Waals surface area contributed by atoms with Crippen molar-refractivity contribution in [2.24, 2.45) is 0 Å². The van der Waals surface area contributed by atoms with Gasteiger partial charge >= 0.3 is 0 Å². The molecule has 0 aliphatic rings. The SMILES string of the molecule is CC(=O)O.CCN(O)C(C)=O. The van der Waals surface area contributed by atoms with Gasteiger partial charge in [-0.1, -0.05) is 0 Å². The quantitative estimate of drug-likeness (QED) is 0.431. The zero-order valence-corrected chi connectivity index (χ0v) is 6.87. The van der Waals surface area contributed by atoms with E-state index in [1.807, 2.05) is 0 Å². The van der Waals surface area contributed by atoms with Crippen LogP contribution in [0.2, 0.25) is 0 Å². The summed E-state index contributed by atoms with van der Waals surface area (Å²) in [5.41, 5.74) is 0. The summed E-state index contributed by atoms with van der Waals surface area (Å²) in [6.07, 6.45) is 0. The van der Waals surface area contributed by atoms with Crippen molar-refractivity contribution in [2.75, 3.05) is 6.54 Å². The third kappa shape index (κ3) is 17.6. The second-order valence-corrected chi connectivity index (χ2v) is 1.75. The fourth-order valence-electron chi connectivity index (χ4n) is 0.223. The lowest BCUT2D eigenvalue weighted by atomic mass is 10.6. The van der Waals surface area contributed by atoms with E-state index in [4.69, 9.17) is 15.1 Å². The summed E-state index contributed by atoms with van der Waals surface area (Å²) >= 11 is 0. The van der Waals surface area contributed by atoms with E-state index in [9.17, 15) is 4.79 Å². The number of carboxylic acids is 1. The summed E-state index contributed by atoms with van der Waals surface area (Å²) in [5.74, 6) is -1.15. The highest BCUT2D eigenvalue weighted by Crippen LogP contribution is 1.77. The second-order valence-electron chi connectivity index (χ2n) is 1.75. The molecule has 0 unspecified atom stereocenters. The first-order valence-electron chi connectivity index (χ1n) is 3.08. The van der Waals surface area contributed by atoms with Gasteiger partial charge in [0.25, 0.3) is 5.97 Å². The summed E-state index contributed by atoms with van der Waals surface area (Å²) < 4.78 is 0. The van der Waals surface area contributed by atoms with E-state index in [2.05, 4.69) is 0 Å². The molecule has 0 aliphatic carbocycles. The summed E-state index contributed by atoms with van der Waals surface area (Å²) in [5, 5.41) is 16.5. The molecule has 0 bridgehead atoms. The molecule has 0 aromatic rings. The van der Waals surface area contributed by atoms with Gasteiger partial charge in [-0.25, -0.2) is 5.06 Å². The molecule has 0 atom stereocenters. The monoisotopic (exact) mass is 163 g/mol. The van der Waals surface area contributed by atoms with Crippen molar-refractivity contribution in [3.8, 4) is 0 Å². The predicted octanol–water partition coefficient (Wildman–Crippen LogP) is 0.335. The molecule has 0 radical (unpaired) electrons. The van der Waals surface area contributed by atoms with E-state index in [-0.39, 0.29) is 5.91 Å².